The van der Waals surface area contributed by atoms with Crippen LogP contribution in [0.25, 0.3) is 0 Å². The third kappa shape index (κ3) is 32.8. The molecule has 15 heteroatoms. The highest BCUT2D eigenvalue weighted by Crippen LogP contribution is 2.27. The summed E-state index contributed by atoms with van der Waals surface area (Å²) in [7, 11) is 0. The number of ether oxygens (including phenoxy) is 6. The monoisotopic (exact) mass is 1050 g/mol. The molecule has 2 aliphatic rings. The summed E-state index contributed by atoms with van der Waals surface area (Å²) in [4.78, 5) is 25.9. The van der Waals surface area contributed by atoms with Gasteiger partial charge < -0.3 is 64.2 Å². The number of hydrogen-bond donors (Lipinski definition) is 7. The van der Waals surface area contributed by atoms with Crippen LogP contribution in [-0.2, 0) is 38.0 Å². The molecule has 2 rings (SSSR count). The molecule has 15 nitrogen and oxygen atoms in total. The van der Waals surface area contributed by atoms with Crippen LogP contribution < -0.4 is 0 Å². The maximum Gasteiger partial charge on any atom is 0.306 e. The van der Waals surface area contributed by atoms with Crippen LogP contribution in [0.15, 0.2) is 0 Å². The third-order valence-electron chi connectivity index (χ3n) is 14.8. The molecule has 2 fully saturated rings. The Hall–Kier alpha value is -1.50. The number of esters is 2. The average molecular weight is 1050 g/mol. The minimum atomic E-state index is -1.76. The predicted molar refractivity (Wildman–Crippen MR) is 285 cm³/mol. The predicted octanol–water partition coefficient (Wildman–Crippen LogP) is 10.3. The van der Waals surface area contributed by atoms with Crippen LogP contribution in [0.1, 0.15) is 264 Å². The van der Waals surface area contributed by atoms with Gasteiger partial charge in [-0.3, -0.25) is 9.59 Å². The van der Waals surface area contributed by atoms with Crippen LogP contribution >= 0.6 is 0 Å². The SMILES string of the molecule is CCCCCCCCCCCCCCCCCCCCCCC(=O)OC[C@@H](CO[C@@H]1O[C@H](CO[C@@H]2O[C@H](CO)[C@H](O)C(O)C2O)[C@H](O)C(O)C1O)OC(=O)CCCCCCCCCCCCCCCCCCC. The van der Waals surface area contributed by atoms with Crippen molar-refractivity contribution in [3.05, 3.63) is 0 Å². The molecule has 2 aliphatic heterocycles. The van der Waals surface area contributed by atoms with Crippen molar-refractivity contribution in [1.82, 2.24) is 0 Å². The molecule has 0 amide bonds. The smallest absolute Gasteiger partial charge is 0.306 e. The average Bonchev–Trinajstić information content (AvgIpc) is 3.38. The Balaban J connectivity index is 1.73. The minimum Gasteiger partial charge on any atom is -0.462 e. The number of rotatable bonds is 49. The third-order valence-corrected chi connectivity index (χ3v) is 14.8. The number of aliphatic hydroxyl groups excluding tert-OH is 7. The van der Waals surface area contributed by atoms with E-state index in [1.807, 2.05) is 0 Å². The first-order chi connectivity index (χ1) is 35.5. The molecular formula is C58H110O15. The molecule has 432 valence electrons. The highest BCUT2D eigenvalue weighted by molar-refractivity contribution is 5.70. The van der Waals surface area contributed by atoms with Gasteiger partial charge in [-0.15, -0.1) is 0 Å². The zero-order valence-electron chi connectivity index (χ0n) is 46.2. The molecule has 0 aliphatic carbocycles. The first kappa shape index (κ1) is 67.6. The molecule has 73 heavy (non-hydrogen) atoms. The van der Waals surface area contributed by atoms with E-state index in [-0.39, 0.29) is 26.1 Å². The Morgan fingerprint density at radius 3 is 1.07 bits per heavy atom. The summed E-state index contributed by atoms with van der Waals surface area (Å²) in [5.74, 6) is -0.902. The number of hydrogen-bond acceptors (Lipinski definition) is 15. The van der Waals surface area contributed by atoms with Gasteiger partial charge in [0.1, 0.15) is 55.4 Å². The molecule has 0 aromatic carbocycles. The second kappa shape index (κ2) is 45.5. The summed E-state index contributed by atoms with van der Waals surface area (Å²) >= 11 is 0. The molecule has 0 aromatic heterocycles. The first-order valence-electron chi connectivity index (χ1n) is 30.1. The van der Waals surface area contributed by atoms with Gasteiger partial charge in [0.2, 0.25) is 0 Å². The van der Waals surface area contributed by atoms with E-state index in [9.17, 15) is 45.3 Å². The van der Waals surface area contributed by atoms with E-state index in [1.165, 1.54) is 186 Å². The molecule has 2 saturated heterocycles. The van der Waals surface area contributed by atoms with Gasteiger partial charge in [0.15, 0.2) is 18.7 Å². The molecule has 0 radical (unpaired) electrons. The number of carbonyl (C=O) groups excluding carboxylic acids is 2. The van der Waals surface area contributed by atoms with Crippen molar-refractivity contribution < 1.29 is 73.8 Å². The van der Waals surface area contributed by atoms with Gasteiger partial charge in [-0.1, -0.05) is 239 Å². The van der Waals surface area contributed by atoms with E-state index in [2.05, 4.69) is 13.8 Å². The molecule has 0 bridgehead atoms. The van der Waals surface area contributed by atoms with Crippen LogP contribution in [0, 0.1) is 0 Å². The Labute approximate surface area is 442 Å². The van der Waals surface area contributed by atoms with E-state index in [0.717, 1.165) is 38.5 Å². The summed E-state index contributed by atoms with van der Waals surface area (Å²) < 4.78 is 33.7. The highest BCUT2D eigenvalue weighted by atomic mass is 16.7. The molecule has 4 unspecified atom stereocenters. The summed E-state index contributed by atoms with van der Waals surface area (Å²) in [6.07, 6.45) is 29.8. The quantitative estimate of drug-likeness (QED) is 0.0222. The molecule has 0 saturated carbocycles. The van der Waals surface area contributed by atoms with Crippen LogP contribution in [-0.4, -0.2) is 142 Å². The summed E-state index contributed by atoms with van der Waals surface area (Å²) in [6.45, 7) is 2.66. The van der Waals surface area contributed by atoms with Gasteiger partial charge in [0.05, 0.1) is 19.8 Å². The lowest BCUT2D eigenvalue weighted by Crippen LogP contribution is -2.61. The number of unbranched alkanes of at least 4 members (excludes halogenated alkanes) is 35. The lowest BCUT2D eigenvalue weighted by Gasteiger charge is -2.42. The van der Waals surface area contributed by atoms with E-state index in [4.69, 9.17) is 28.4 Å². The van der Waals surface area contributed by atoms with Gasteiger partial charge in [-0.25, -0.2) is 0 Å². The fraction of sp³-hybridized carbons (Fsp3) is 0.966. The normalized spacial score (nSPS) is 24.7. The zero-order valence-corrected chi connectivity index (χ0v) is 46.2. The van der Waals surface area contributed by atoms with Gasteiger partial charge in [0.25, 0.3) is 0 Å². The van der Waals surface area contributed by atoms with Crippen LogP contribution in [0.4, 0.5) is 0 Å². The van der Waals surface area contributed by atoms with Crippen molar-refractivity contribution in [3.8, 4) is 0 Å². The van der Waals surface area contributed by atoms with Gasteiger partial charge in [-0.2, -0.15) is 0 Å². The van der Waals surface area contributed by atoms with Crippen LogP contribution in [0.3, 0.4) is 0 Å². The maximum atomic E-state index is 13.1. The van der Waals surface area contributed by atoms with E-state index in [0.29, 0.717) is 12.8 Å². The number of carbonyl (C=O) groups is 2. The number of aliphatic hydroxyl groups is 7. The Morgan fingerprint density at radius 2 is 0.699 bits per heavy atom. The zero-order chi connectivity index (χ0) is 53.2. The first-order valence-corrected chi connectivity index (χ1v) is 30.1. The Bertz CT molecular complexity index is 1280. The molecule has 0 spiro atoms. The largest absolute Gasteiger partial charge is 0.462 e. The van der Waals surface area contributed by atoms with E-state index in [1.54, 1.807) is 0 Å². The molecule has 7 N–H and O–H groups in total. The van der Waals surface area contributed by atoms with E-state index >= 15 is 0 Å². The maximum absolute atomic E-state index is 13.1. The van der Waals surface area contributed by atoms with Gasteiger partial charge in [0, 0.05) is 12.8 Å². The topological polar surface area (TPSA) is 231 Å². The standard InChI is InChI=1S/C58H110O15/c1-3-5-7-9-11-13-15-17-19-21-22-23-25-26-28-30-32-34-36-38-40-49(60)68-43-46(71-50(61)41-39-37-35-33-31-29-27-24-20-18-16-14-12-10-8-6-4-2)44-69-57-56(67)54(65)52(63)48(73-57)45-70-58-55(66)53(64)51(62)47(42-59)72-58/h46-48,51-59,62-67H,3-45H2,1-2H3/t46-,47+,48+,51-,52-,53?,54?,55?,56?,57+,58+/m0/s1. The molecule has 2 heterocycles. The van der Waals surface area contributed by atoms with Gasteiger partial charge in [-0.05, 0) is 12.8 Å². The van der Waals surface area contributed by atoms with Crippen molar-refractivity contribution in [2.24, 2.45) is 0 Å². The minimum absolute atomic E-state index is 0.174. The van der Waals surface area contributed by atoms with Crippen LogP contribution in [0.2, 0.25) is 0 Å². The molecule has 11 atom stereocenters. The molecular weight excluding hydrogens is 937 g/mol. The summed E-state index contributed by atoms with van der Waals surface area (Å²) in [6, 6.07) is 0. The summed E-state index contributed by atoms with van der Waals surface area (Å²) in [5.41, 5.74) is 0. The Morgan fingerprint density at radius 1 is 0.384 bits per heavy atom. The van der Waals surface area contributed by atoms with Crippen molar-refractivity contribution in [1.29, 1.82) is 0 Å². The fourth-order valence-corrected chi connectivity index (χ4v) is 9.93. The van der Waals surface area contributed by atoms with Gasteiger partial charge >= 0.3 is 11.9 Å². The Kier molecular flexibility index (Phi) is 42.2. The highest BCUT2D eigenvalue weighted by Gasteiger charge is 2.47. The van der Waals surface area contributed by atoms with Crippen molar-refractivity contribution in [2.75, 3.05) is 26.4 Å². The summed E-state index contributed by atoms with van der Waals surface area (Å²) in [5, 5.41) is 72.3. The van der Waals surface area contributed by atoms with E-state index < -0.39 is 92.7 Å². The van der Waals surface area contributed by atoms with Crippen molar-refractivity contribution in [2.45, 2.75) is 332 Å². The lowest BCUT2D eigenvalue weighted by molar-refractivity contribution is -0.332. The lowest BCUT2D eigenvalue weighted by atomic mass is 9.98. The second-order valence-corrected chi connectivity index (χ2v) is 21.5. The van der Waals surface area contributed by atoms with Crippen molar-refractivity contribution in [3.63, 3.8) is 0 Å². The molecule has 0 aromatic rings. The van der Waals surface area contributed by atoms with Crippen LogP contribution in [0.5, 0.6) is 0 Å². The fourth-order valence-electron chi connectivity index (χ4n) is 9.93. The second-order valence-electron chi connectivity index (χ2n) is 21.5. The van der Waals surface area contributed by atoms with Crippen molar-refractivity contribution >= 4 is 11.9 Å².